The van der Waals surface area contributed by atoms with Crippen LogP contribution in [0.15, 0.2) is 0 Å². The molecule has 4 unspecified atom stereocenters. The molecule has 2 aliphatic carbocycles. The van der Waals surface area contributed by atoms with Crippen LogP contribution in [0.4, 0.5) is 0 Å². The van der Waals surface area contributed by atoms with Gasteiger partial charge in [-0.05, 0) is 43.1 Å². The van der Waals surface area contributed by atoms with E-state index < -0.39 is 0 Å². The van der Waals surface area contributed by atoms with Crippen LogP contribution in [0.1, 0.15) is 26.2 Å². The second-order valence-corrected chi connectivity index (χ2v) is 4.55. The molecule has 0 spiro atoms. The van der Waals surface area contributed by atoms with Gasteiger partial charge in [0, 0.05) is 6.04 Å². The predicted octanol–water partition coefficient (Wildman–Crippen LogP) is 1.39. The van der Waals surface area contributed by atoms with E-state index in [2.05, 4.69) is 12.2 Å². The molecule has 1 heteroatoms. The molecule has 1 heterocycles. The molecule has 0 bridgehead atoms. The number of hydrogen-bond donors (Lipinski definition) is 1. The molecule has 0 aromatic heterocycles. The molecule has 0 aromatic rings. The summed E-state index contributed by atoms with van der Waals surface area (Å²) in [6, 6.07) is 0.922. The van der Waals surface area contributed by atoms with Crippen LogP contribution in [-0.4, -0.2) is 12.6 Å². The van der Waals surface area contributed by atoms with Crippen LogP contribution in [0.2, 0.25) is 0 Å². The summed E-state index contributed by atoms with van der Waals surface area (Å²) in [5.74, 6) is 2.21. The van der Waals surface area contributed by atoms with Crippen LogP contribution in [-0.2, 0) is 0 Å². The van der Waals surface area contributed by atoms with Gasteiger partial charge in [0.25, 0.3) is 0 Å². The minimum absolute atomic E-state index is 0.769. The van der Waals surface area contributed by atoms with Crippen LogP contribution in [0, 0.1) is 17.3 Å². The third-order valence-electron chi connectivity index (χ3n) is 4.08. The van der Waals surface area contributed by atoms with Crippen LogP contribution in [0.25, 0.3) is 0 Å². The SMILES string of the molecule is CC12CC1C1CCCNC12. The number of piperidine rings is 1. The molecule has 3 fully saturated rings. The Balaban J connectivity index is 1.84. The largest absolute Gasteiger partial charge is 0.313 e. The monoisotopic (exact) mass is 137 g/mol. The van der Waals surface area contributed by atoms with E-state index in [1.165, 1.54) is 25.8 Å². The Hall–Kier alpha value is -0.0400. The van der Waals surface area contributed by atoms with Crippen LogP contribution in [0.5, 0.6) is 0 Å². The van der Waals surface area contributed by atoms with Gasteiger partial charge in [-0.25, -0.2) is 0 Å². The van der Waals surface area contributed by atoms with Crippen molar-refractivity contribution in [1.29, 1.82) is 0 Å². The standard InChI is InChI=1S/C9H15N/c1-9-5-7(9)6-3-2-4-10-8(6)9/h6-8,10H,2-5H2,1H3. The molecule has 1 N–H and O–H groups in total. The summed E-state index contributed by atoms with van der Waals surface area (Å²) in [7, 11) is 0. The molecule has 1 saturated heterocycles. The molecule has 0 aromatic carbocycles. The number of hydrogen-bond acceptors (Lipinski definition) is 1. The van der Waals surface area contributed by atoms with E-state index in [1.807, 2.05) is 0 Å². The maximum Gasteiger partial charge on any atom is 0.0155 e. The summed E-state index contributed by atoms with van der Waals surface area (Å²) < 4.78 is 0. The molecule has 0 amide bonds. The zero-order valence-electron chi connectivity index (χ0n) is 6.56. The molecule has 2 saturated carbocycles. The van der Waals surface area contributed by atoms with Crippen molar-refractivity contribution in [3.8, 4) is 0 Å². The van der Waals surface area contributed by atoms with Crippen molar-refractivity contribution in [2.75, 3.05) is 6.54 Å². The van der Waals surface area contributed by atoms with Gasteiger partial charge in [0.15, 0.2) is 0 Å². The maximum atomic E-state index is 3.65. The lowest BCUT2D eigenvalue weighted by Crippen LogP contribution is -2.55. The first-order valence-corrected chi connectivity index (χ1v) is 4.56. The van der Waals surface area contributed by atoms with Crippen molar-refractivity contribution in [2.24, 2.45) is 17.3 Å². The summed E-state index contributed by atoms with van der Waals surface area (Å²) in [5.41, 5.74) is 0.769. The van der Waals surface area contributed by atoms with Gasteiger partial charge in [-0.2, -0.15) is 0 Å². The topological polar surface area (TPSA) is 12.0 Å². The van der Waals surface area contributed by atoms with Crippen molar-refractivity contribution in [3.05, 3.63) is 0 Å². The van der Waals surface area contributed by atoms with Gasteiger partial charge in [0.1, 0.15) is 0 Å². The molecule has 1 nitrogen and oxygen atoms in total. The second-order valence-electron chi connectivity index (χ2n) is 4.55. The summed E-state index contributed by atoms with van der Waals surface area (Å²) >= 11 is 0. The van der Waals surface area contributed by atoms with Crippen LogP contribution < -0.4 is 5.32 Å². The smallest absolute Gasteiger partial charge is 0.0155 e. The van der Waals surface area contributed by atoms with Gasteiger partial charge >= 0.3 is 0 Å². The Morgan fingerprint density at radius 2 is 2.40 bits per heavy atom. The van der Waals surface area contributed by atoms with E-state index in [1.54, 1.807) is 0 Å². The first kappa shape index (κ1) is 5.59. The van der Waals surface area contributed by atoms with Crippen LogP contribution >= 0.6 is 0 Å². The van der Waals surface area contributed by atoms with Gasteiger partial charge in [0.05, 0.1) is 0 Å². The van der Waals surface area contributed by atoms with Crippen molar-refractivity contribution in [2.45, 2.75) is 32.2 Å². The molecule has 56 valence electrons. The number of rotatable bonds is 0. The Bertz CT molecular complexity index is 178. The molecule has 4 atom stereocenters. The molecule has 1 aliphatic heterocycles. The minimum atomic E-state index is 0.769. The van der Waals surface area contributed by atoms with Crippen molar-refractivity contribution < 1.29 is 0 Å². The van der Waals surface area contributed by atoms with E-state index in [4.69, 9.17) is 0 Å². The molecular weight excluding hydrogens is 122 g/mol. The molecular formula is C9H15N. The van der Waals surface area contributed by atoms with E-state index in [-0.39, 0.29) is 0 Å². The number of fused-ring (bicyclic) bond motifs is 4. The Morgan fingerprint density at radius 1 is 1.50 bits per heavy atom. The average molecular weight is 137 g/mol. The summed E-state index contributed by atoms with van der Waals surface area (Å²) in [5, 5.41) is 3.65. The Morgan fingerprint density at radius 3 is 3.20 bits per heavy atom. The Kier molecular flexibility index (Phi) is 0.797. The van der Waals surface area contributed by atoms with E-state index in [0.717, 1.165) is 23.3 Å². The van der Waals surface area contributed by atoms with Gasteiger partial charge in [-0.15, -0.1) is 0 Å². The molecule has 3 rings (SSSR count). The summed E-state index contributed by atoms with van der Waals surface area (Å²) in [6.07, 6.45) is 4.46. The fourth-order valence-electron chi connectivity index (χ4n) is 3.36. The highest BCUT2D eigenvalue weighted by atomic mass is 15.0. The van der Waals surface area contributed by atoms with Gasteiger partial charge < -0.3 is 5.32 Å². The maximum absolute atomic E-state index is 3.65. The van der Waals surface area contributed by atoms with E-state index >= 15 is 0 Å². The zero-order valence-corrected chi connectivity index (χ0v) is 6.56. The van der Waals surface area contributed by atoms with Crippen molar-refractivity contribution in [3.63, 3.8) is 0 Å². The fourth-order valence-corrected chi connectivity index (χ4v) is 3.36. The summed E-state index contributed by atoms with van der Waals surface area (Å²) in [6.45, 7) is 3.74. The third-order valence-corrected chi connectivity index (χ3v) is 4.08. The third kappa shape index (κ3) is 0.430. The Labute approximate surface area is 62.2 Å². The lowest BCUT2D eigenvalue weighted by atomic mass is 9.67. The number of nitrogens with one attached hydrogen (secondary N) is 1. The van der Waals surface area contributed by atoms with Gasteiger partial charge in [-0.3, -0.25) is 0 Å². The first-order chi connectivity index (χ1) is 4.82. The van der Waals surface area contributed by atoms with Crippen molar-refractivity contribution in [1.82, 2.24) is 5.32 Å². The van der Waals surface area contributed by atoms with Gasteiger partial charge in [-0.1, -0.05) is 6.92 Å². The first-order valence-electron chi connectivity index (χ1n) is 4.56. The van der Waals surface area contributed by atoms with E-state index in [0.29, 0.717) is 0 Å². The second kappa shape index (κ2) is 1.42. The molecule has 10 heavy (non-hydrogen) atoms. The molecule has 3 aliphatic rings. The van der Waals surface area contributed by atoms with E-state index in [9.17, 15) is 0 Å². The molecule has 0 radical (unpaired) electrons. The minimum Gasteiger partial charge on any atom is -0.313 e. The lowest BCUT2D eigenvalue weighted by Gasteiger charge is -2.46. The zero-order chi connectivity index (χ0) is 6.77. The highest BCUT2D eigenvalue weighted by Crippen LogP contribution is 2.71. The summed E-state index contributed by atoms with van der Waals surface area (Å²) in [4.78, 5) is 0. The highest BCUT2D eigenvalue weighted by molar-refractivity contribution is 5.22. The highest BCUT2D eigenvalue weighted by Gasteiger charge is 2.70. The lowest BCUT2D eigenvalue weighted by molar-refractivity contribution is 0.0775. The van der Waals surface area contributed by atoms with Crippen molar-refractivity contribution >= 4 is 0 Å². The predicted molar refractivity (Wildman–Crippen MR) is 40.7 cm³/mol. The fraction of sp³-hybridized carbons (Fsp3) is 1.00. The van der Waals surface area contributed by atoms with Gasteiger partial charge in [0.2, 0.25) is 0 Å². The van der Waals surface area contributed by atoms with Crippen LogP contribution in [0.3, 0.4) is 0 Å². The average Bonchev–Trinajstić information content (AvgIpc) is 2.57. The normalized spacial score (nSPS) is 63.9. The quantitative estimate of drug-likeness (QED) is 0.532.